The third-order valence-corrected chi connectivity index (χ3v) is 4.08. The number of ether oxygens (including phenoxy) is 2. The number of amides is 1. The number of hydrogen-bond donors (Lipinski definition) is 1. The Balaban J connectivity index is 1.76. The topological polar surface area (TPSA) is 47.6 Å². The number of nitrogens with one attached hydrogen (secondary N) is 1. The SMILES string of the molecule is C[C@H](NC(=O)c1ccc2c(c1)OCO2)c1ccccc1Br. The first-order chi connectivity index (χ1) is 10.1. The van der Waals surface area contributed by atoms with Gasteiger partial charge in [-0.15, -0.1) is 0 Å². The zero-order chi connectivity index (χ0) is 14.8. The molecule has 0 unspecified atom stereocenters. The summed E-state index contributed by atoms with van der Waals surface area (Å²) in [6.07, 6.45) is 0. The Morgan fingerprint density at radius 2 is 1.95 bits per heavy atom. The second-order valence-electron chi connectivity index (χ2n) is 4.78. The highest BCUT2D eigenvalue weighted by Crippen LogP contribution is 2.32. The van der Waals surface area contributed by atoms with Crippen LogP contribution in [0.5, 0.6) is 11.5 Å². The second-order valence-corrected chi connectivity index (χ2v) is 5.64. The standard InChI is InChI=1S/C16H14BrNO3/c1-10(12-4-2-3-5-13(12)17)18-16(19)11-6-7-14-15(8-11)21-9-20-14/h2-8,10H,9H2,1H3,(H,18,19)/t10-/m0/s1. The van der Waals surface area contributed by atoms with Crippen LogP contribution in [0.15, 0.2) is 46.9 Å². The van der Waals surface area contributed by atoms with Gasteiger partial charge in [0.05, 0.1) is 6.04 Å². The largest absolute Gasteiger partial charge is 0.454 e. The maximum absolute atomic E-state index is 12.3. The molecule has 1 amide bonds. The number of fused-ring (bicyclic) bond motifs is 1. The summed E-state index contributed by atoms with van der Waals surface area (Å²) in [5, 5.41) is 2.98. The number of halogens is 1. The van der Waals surface area contributed by atoms with Crippen LogP contribution in [0.4, 0.5) is 0 Å². The highest BCUT2D eigenvalue weighted by molar-refractivity contribution is 9.10. The first kappa shape index (κ1) is 13.9. The molecule has 0 fully saturated rings. The van der Waals surface area contributed by atoms with Crippen LogP contribution in [0, 0.1) is 0 Å². The molecule has 1 atom stereocenters. The van der Waals surface area contributed by atoms with Crippen LogP contribution in [0.25, 0.3) is 0 Å². The molecule has 0 saturated carbocycles. The van der Waals surface area contributed by atoms with Gasteiger partial charge in [-0.3, -0.25) is 4.79 Å². The minimum absolute atomic E-state index is 0.0986. The minimum Gasteiger partial charge on any atom is -0.454 e. The lowest BCUT2D eigenvalue weighted by Gasteiger charge is -2.16. The van der Waals surface area contributed by atoms with Gasteiger partial charge in [-0.1, -0.05) is 34.1 Å². The molecule has 108 valence electrons. The molecule has 2 aromatic rings. The number of carbonyl (C=O) groups is 1. The van der Waals surface area contributed by atoms with E-state index in [1.165, 1.54) is 0 Å². The van der Waals surface area contributed by atoms with Gasteiger partial charge in [-0.05, 0) is 36.8 Å². The van der Waals surface area contributed by atoms with Crippen LogP contribution < -0.4 is 14.8 Å². The summed E-state index contributed by atoms with van der Waals surface area (Å²) >= 11 is 3.50. The molecule has 3 rings (SSSR count). The summed E-state index contributed by atoms with van der Waals surface area (Å²) < 4.78 is 11.5. The van der Waals surface area contributed by atoms with E-state index in [0.29, 0.717) is 17.1 Å². The summed E-state index contributed by atoms with van der Waals surface area (Å²) in [6.45, 7) is 2.15. The van der Waals surface area contributed by atoms with E-state index in [1.54, 1.807) is 18.2 Å². The molecule has 1 N–H and O–H groups in total. The highest BCUT2D eigenvalue weighted by atomic mass is 79.9. The van der Waals surface area contributed by atoms with E-state index in [9.17, 15) is 4.79 Å². The lowest BCUT2D eigenvalue weighted by molar-refractivity contribution is 0.0939. The van der Waals surface area contributed by atoms with Crippen molar-refractivity contribution in [2.24, 2.45) is 0 Å². The average Bonchev–Trinajstić information content (AvgIpc) is 2.94. The summed E-state index contributed by atoms with van der Waals surface area (Å²) in [5.41, 5.74) is 1.59. The van der Waals surface area contributed by atoms with Crippen LogP contribution in [0.1, 0.15) is 28.9 Å². The summed E-state index contributed by atoms with van der Waals surface area (Å²) in [7, 11) is 0. The summed E-state index contributed by atoms with van der Waals surface area (Å²) in [4.78, 5) is 12.3. The van der Waals surface area contributed by atoms with Gasteiger partial charge < -0.3 is 14.8 Å². The fourth-order valence-corrected chi connectivity index (χ4v) is 2.85. The van der Waals surface area contributed by atoms with Gasteiger partial charge in [0.15, 0.2) is 11.5 Å². The molecule has 1 aliphatic rings. The molecule has 2 aromatic carbocycles. The van der Waals surface area contributed by atoms with Crippen LogP contribution in [0.2, 0.25) is 0 Å². The van der Waals surface area contributed by atoms with Crippen LogP contribution in [-0.4, -0.2) is 12.7 Å². The van der Waals surface area contributed by atoms with Crippen molar-refractivity contribution >= 4 is 21.8 Å². The Bertz CT molecular complexity index is 687. The van der Waals surface area contributed by atoms with Crippen molar-refractivity contribution in [1.29, 1.82) is 0 Å². The number of hydrogen-bond acceptors (Lipinski definition) is 3. The first-order valence-electron chi connectivity index (χ1n) is 6.60. The fourth-order valence-electron chi connectivity index (χ4n) is 2.22. The summed E-state index contributed by atoms with van der Waals surface area (Å²) in [6, 6.07) is 12.9. The van der Waals surface area contributed by atoms with Gasteiger partial charge in [-0.25, -0.2) is 0 Å². The quantitative estimate of drug-likeness (QED) is 0.921. The van der Waals surface area contributed by atoms with E-state index >= 15 is 0 Å². The Kier molecular flexibility index (Phi) is 3.84. The van der Waals surface area contributed by atoms with Gasteiger partial charge in [0.2, 0.25) is 6.79 Å². The number of benzene rings is 2. The molecule has 4 nitrogen and oxygen atoms in total. The van der Waals surface area contributed by atoms with Crippen molar-refractivity contribution in [3.05, 3.63) is 58.1 Å². The zero-order valence-corrected chi connectivity index (χ0v) is 13.0. The van der Waals surface area contributed by atoms with Crippen molar-refractivity contribution in [3.63, 3.8) is 0 Å². The third kappa shape index (κ3) is 2.88. The fraction of sp³-hybridized carbons (Fsp3) is 0.188. The van der Waals surface area contributed by atoms with E-state index in [4.69, 9.17) is 9.47 Å². The zero-order valence-electron chi connectivity index (χ0n) is 11.4. The van der Waals surface area contributed by atoms with Crippen molar-refractivity contribution in [1.82, 2.24) is 5.32 Å². The summed E-state index contributed by atoms with van der Waals surface area (Å²) in [5.74, 6) is 1.14. The molecular weight excluding hydrogens is 334 g/mol. The first-order valence-corrected chi connectivity index (χ1v) is 7.39. The maximum Gasteiger partial charge on any atom is 0.251 e. The Labute approximate surface area is 131 Å². The predicted molar refractivity (Wildman–Crippen MR) is 82.6 cm³/mol. The van der Waals surface area contributed by atoms with Crippen molar-refractivity contribution in [2.75, 3.05) is 6.79 Å². The maximum atomic E-state index is 12.3. The monoisotopic (exact) mass is 347 g/mol. The Morgan fingerprint density at radius 3 is 2.76 bits per heavy atom. The van der Waals surface area contributed by atoms with Crippen molar-refractivity contribution in [3.8, 4) is 11.5 Å². The molecule has 0 saturated heterocycles. The number of carbonyl (C=O) groups excluding carboxylic acids is 1. The number of rotatable bonds is 3. The van der Waals surface area contributed by atoms with Crippen LogP contribution in [0.3, 0.4) is 0 Å². The van der Waals surface area contributed by atoms with Gasteiger partial charge in [0.25, 0.3) is 5.91 Å². The van der Waals surface area contributed by atoms with Crippen molar-refractivity contribution < 1.29 is 14.3 Å². The van der Waals surface area contributed by atoms with Crippen molar-refractivity contribution in [2.45, 2.75) is 13.0 Å². The predicted octanol–water partition coefficient (Wildman–Crippen LogP) is 3.67. The Hall–Kier alpha value is -2.01. The van der Waals surface area contributed by atoms with E-state index in [2.05, 4.69) is 21.2 Å². The molecule has 1 aliphatic heterocycles. The lowest BCUT2D eigenvalue weighted by Crippen LogP contribution is -2.26. The molecule has 0 bridgehead atoms. The van der Waals surface area contributed by atoms with Gasteiger partial charge in [0, 0.05) is 10.0 Å². The third-order valence-electron chi connectivity index (χ3n) is 3.35. The molecule has 21 heavy (non-hydrogen) atoms. The van der Waals surface area contributed by atoms with E-state index in [0.717, 1.165) is 10.0 Å². The molecular formula is C16H14BrNO3. The molecule has 0 aromatic heterocycles. The van der Waals surface area contributed by atoms with E-state index < -0.39 is 0 Å². The van der Waals surface area contributed by atoms with E-state index in [-0.39, 0.29) is 18.7 Å². The highest BCUT2D eigenvalue weighted by Gasteiger charge is 2.18. The average molecular weight is 348 g/mol. The molecule has 5 heteroatoms. The smallest absolute Gasteiger partial charge is 0.251 e. The minimum atomic E-state index is -0.142. The van der Waals surface area contributed by atoms with E-state index in [1.807, 2.05) is 31.2 Å². The Morgan fingerprint density at radius 1 is 1.19 bits per heavy atom. The molecule has 0 spiro atoms. The second kappa shape index (κ2) is 5.77. The molecule has 0 radical (unpaired) electrons. The van der Waals surface area contributed by atoms with Crippen LogP contribution in [-0.2, 0) is 0 Å². The van der Waals surface area contributed by atoms with Gasteiger partial charge in [-0.2, -0.15) is 0 Å². The van der Waals surface area contributed by atoms with Gasteiger partial charge >= 0.3 is 0 Å². The normalized spacial score (nSPS) is 13.8. The molecule has 1 heterocycles. The van der Waals surface area contributed by atoms with Gasteiger partial charge in [0.1, 0.15) is 0 Å². The van der Waals surface area contributed by atoms with Crippen LogP contribution >= 0.6 is 15.9 Å². The lowest BCUT2D eigenvalue weighted by atomic mass is 10.1. The molecule has 0 aliphatic carbocycles.